The van der Waals surface area contributed by atoms with E-state index in [9.17, 15) is 0 Å². The largest absolute Gasteiger partial charge is 0.310 e. The lowest BCUT2D eigenvalue weighted by atomic mass is 10.1. The molecule has 1 aromatic heterocycles. The quantitative estimate of drug-likeness (QED) is 0.830. The van der Waals surface area contributed by atoms with E-state index in [0.717, 1.165) is 19.6 Å². The van der Waals surface area contributed by atoms with Crippen molar-refractivity contribution in [2.45, 2.75) is 32.4 Å². The van der Waals surface area contributed by atoms with Crippen LogP contribution in [0.1, 0.15) is 26.0 Å². The number of nitrogens with zero attached hydrogens (tertiary/aromatic N) is 2. The second-order valence-corrected chi connectivity index (χ2v) is 5.57. The fourth-order valence-electron chi connectivity index (χ4n) is 2.10. The summed E-state index contributed by atoms with van der Waals surface area (Å²) in [6.45, 7) is 8.94. The van der Waals surface area contributed by atoms with E-state index >= 15 is 0 Å². The van der Waals surface area contributed by atoms with Crippen LogP contribution in [0.4, 0.5) is 0 Å². The molecule has 2 rings (SSSR count). The molecule has 0 radical (unpaired) electrons. The van der Waals surface area contributed by atoms with E-state index in [1.807, 2.05) is 5.51 Å². The summed E-state index contributed by atoms with van der Waals surface area (Å²) in [5.41, 5.74) is 3.35. The van der Waals surface area contributed by atoms with Crippen LogP contribution in [0, 0.1) is 0 Å². The Morgan fingerprint density at radius 1 is 1.60 bits per heavy atom. The summed E-state index contributed by atoms with van der Waals surface area (Å²) in [7, 11) is 0. The summed E-state index contributed by atoms with van der Waals surface area (Å²) in [5.74, 6) is 0. The molecular formula is C11H19N3S. The Balaban J connectivity index is 1.96. The average Bonchev–Trinajstić information content (AvgIpc) is 2.58. The third-order valence-corrected chi connectivity index (χ3v) is 3.38. The minimum absolute atomic E-state index is 0.229. The zero-order valence-corrected chi connectivity index (χ0v) is 10.3. The molecule has 4 heteroatoms. The van der Waals surface area contributed by atoms with E-state index in [1.54, 1.807) is 11.3 Å². The molecule has 1 fully saturated rings. The summed E-state index contributed by atoms with van der Waals surface area (Å²) in [6, 6.07) is 0. The lowest BCUT2D eigenvalue weighted by Gasteiger charge is -2.29. The van der Waals surface area contributed by atoms with Gasteiger partial charge in [-0.1, -0.05) is 0 Å². The van der Waals surface area contributed by atoms with Gasteiger partial charge in [0, 0.05) is 24.0 Å². The molecule has 1 aliphatic heterocycles. The lowest BCUT2D eigenvalue weighted by molar-refractivity contribution is 0.222. The molecule has 0 aromatic carbocycles. The van der Waals surface area contributed by atoms with Crippen molar-refractivity contribution in [3.63, 3.8) is 0 Å². The number of aromatic nitrogens is 1. The maximum absolute atomic E-state index is 4.35. The van der Waals surface area contributed by atoms with E-state index in [0.29, 0.717) is 0 Å². The average molecular weight is 225 g/mol. The Labute approximate surface area is 95.5 Å². The first kappa shape index (κ1) is 11.0. The molecule has 0 aliphatic carbocycles. The van der Waals surface area contributed by atoms with Crippen molar-refractivity contribution in [2.24, 2.45) is 0 Å². The van der Waals surface area contributed by atoms with Gasteiger partial charge < -0.3 is 5.32 Å². The van der Waals surface area contributed by atoms with Gasteiger partial charge in [0.2, 0.25) is 0 Å². The van der Waals surface area contributed by atoms with Gasteiger partial charge in [-0.05, 0) is 33.4 Å². The Bertz CT molecular complexity index is 295. The molecule has 15 heavy (non-hydrogen) atoms. The monoisotopic (exact) mass is 225 g/mol. The van der Waals surface area contributed by atoms with Gasteiger partial charge in [0.1, 0.15) is 0 Å². The maximum atomic E-state index is 4.35. The highest BCUT2D eigenvalue weighted by atomic mass is 32.1. The molecule has 0 unspecified atom stereocenters. The molecule has 0 spiro atoms. The predicted octanol–water partition coefficient (Wildman–Crippen LogP) is 1.72. The Hall–Kier alpha value is -0.450. The molecule has 0 amide bonds. The molecule has 0 atom stereocenters. The molecule has 3 nitrogen and oxygen atoms in total. The summed E-state index contributed by atoms with van der Waals surface area (Å²) in [4.78, 5) is 6.84. The van der Waals surface area contributed by atoms with Crippen LogP contribution in [-0.4, -0.2) is 35.1 Å². The highest BCUT2D eigenvalue weighted by Crippen LogP contribution is 2.13. The highest BCUT2D eigenvalue weighted by Gasteiger charge is 2.23. The van der Waals surface area contributed by atoms with Crippen molar-refractivity contribution in [1.82, 2.24) is 15.2 Å². The Kier molecular flexibility index (Phi) is 3.38. The first-order valence-corrected chi connectivity index (χ1v) is 6.44. The minimum Gasteiger partial charge on any atom is -0.310 e. The van der Waals surface area contributed by atoms with Gasteiger partial charge in [-0.25, -0.2) is 4.98 Å². The van der Waals surface area contributed by atoms with Crippen LogP contribution >= 0.6 is 11.3 Å². The first-order valence-electron chi connectivity index (χ1n) is 5.50. The normalized spacial score (nSPS) is 22.5. The van der Waals surface area contributed by atoms with Crippen molar-refractivity contribution in [3.05, 3.63) is 16.6 Å². The topological polar surface area (TPSA) is 28.2 Å². The van der Waals surface area contributed by atoms with E-state index in [4.69, 9.17) is 0 Å². The number of hydrogen-bond donors (Lipinski definition) is 1. The van der Waals surface area contributed by atoms with Crippen molar-refractivity contribution >= 4 is 11.3 Å². The third kappa shape index (κ3) is 3.26. The molecule has 1 aromatic rings. The van der Waals surface area contributed by atoms with Crippen LogP contribution in [0.3, 0.4) is 0 Å². The summed E-state index contributed by atoms with van der Waals surface area (Å²) >= 11 is 1.68. The third-order valence-electron chi connectivity index (χ3n) is 2.74. The summed E-state index contributed by atoms with van der Waals surface area (Å²) < 4.78 is 0. The van der Waals surface area contributed by atoms with Crippen molar-refractivity contribution in [2.75, 3.05) is 19.6 Å². The van der Waals surface area contributed by atoms with Crippen LogP contribution < -0.4 is 5.32 Å². The van der Waals surface area contributed by atoms with Gasteiger partial charge in [-0.2, -0.15) is 0 Å². The highest BCUT2D eigenvalue weighted by molar-refractivity contribution is 7.07. The van der Waals surface area contributed by atoms with Gasteiger partial charge in [0.15, 0.2) is 0 Å². The zero-order valence-electron chi connectivity index (χ0n) is 9.49. The number of nitrogens with one attached hydrogen (secondary N) is 1. The van der Waals surface area contributed by atoms with E-state index < -0.39 is 0 Å². The standard InChI is InChI=1S/C11H19N3S/c1-11(2)8-14(5-3-4-13-11)6-10-7-15-9-12-10/h7,9,13H,3-6,8H2,1-2H3. The minimum atomic E-state index is 0.229. The maximum Gasteiger partial charge on any atom is 0.0795 e. The van der Waals surface area contributed by atoms with E-state index in [-0.39, 0.29) is 5.54 Å². The predicted molar refractivity (Wildman–Crippen MR) is 64.1 cm³/mol. The van der Waals surface area contributed by atoms with Crippen LogP contribution in [0.15, 0.2) is 10.9 Å². The second kappa shape index (κ2) is 4.60. The number of hydrogen-bond acceptors (Lipinski definition) is 4. The van der Waals surface area contributed by atoms with E-state index in [2.05, 4.69) is 34.4 Å². The van der Waals surface area contributed by atoms with Crippen LogP contribution in [-0.2, 0) is 6.54 Å². The SMILES string of the molecule is CC1(C)CN(Cc2cscn2)CCCN1. The van der Waals surface area contributed by atoms with Crippen molar-refractivity contribution < 1.29 is 0 Å². The number of rotatable bonds is 2. The summed E-state index contributed by atoms with van der Waals surface area (Å²) in [5, 5.41) is 5.72. The fourth-order valence-corrected chi connectivity index (χ4v) is 2.65. The molecule has 2 heterocycles. The van der Waals surface area contributed by atoms with Crippen molar-refractivity contribution in [1.29, 1.82) is 0 Å². The molecule has 1 N–H and O–H groups in total. The molecular weight excluding hydrogens is 206 g/mol. The zero-order chi connectivity index (χ0) is 10.7. The smallest absolute Gasteiger partial charge is 0.0795 e. The first-order chi connectivity index (χ1) is 7.16. The second-order valence-electron chi connectivity index (χ2n) is 4.85. The Morgan fingerprint density at radius 2 is 2.47 bits per heavy atom. The van der Waals surface area contributed by atoms with Crippen LogP contribution in [0.5, 0.6) is 0 Å². The van der Waals surface area contributed by atoms with Crippen LogP contribution in [0.25, 0.3) is 0 Å². The van der Waals surface area contributed by atoms with Gasteiger partial charge in [-0.3, -0.25) is 4.90 Å². The fraction of sp³-hybridized carbons (Fsp3) is 0.727. The van der Waals surface area contributed by atoms with Gasteiger partial charge in [0.05, 0.1) is 11.2 Å². The summed E-state index contributed by atoms with van der Waals surface area (Å²) in [6.07, 6.45) is 1.23. The van der Waals surface area contributed by atoms with Gasteiger partial charge in [0.25, 0.3) is 0 Å². The van der Waals surface area contributed by atoms with Gasteiger partial charge >= 0.3 is 0 Å². The van der Waals surface area contributed by atoms with Gasteiger partial charge in [-0.15, -0.1) is 11.3 Å². The van der Waals surface area contributed by atoms with E-state index in [1.165, 1.54) is 18.7 Å². The Morgan fingerprint density at radius 3 is 3.20 bits per heavy atom. The lowest BCUT2D eigenvalue weighted by Crippen LogP contribution is -2.46. The molecule has 0 bridgehead atoms. The molecule has 1 saturated heterocycles. The van der Waals surface area contributed by atoms with Crippen molar-refractivity contribution in [3.8, 4) is 0 Å². The molecule has 1 aliphatic rings. The van der Waals surface area contributed by atoms with Crippen LogP contribution in [0.2, 0.25) is 0 Å². The number of thiazole rings is 1. The molecule has 84 valence electrons. The molecule has 0 saturated carbocycles.